The third-order valence-corrected chi connectivity index (χ3v) is 4.45. The molecule has 6 nitrogen and oxygen atoms in total. The van der Waals surface area contributed by atoms with Crippen LogP contribution in [0.15, 0.2) is 23.4 Å². The van der Waals surface area contributed by atoms with Crippen LogP contribution in [-0.4, -0.2) is 33.1 Å². The molecule has 0 atom stereocenters. The average molecular weight is 335 g/mol. The van der Waals surface area contributed by atoms with Gasteiger partial charge in [-0.1, -0.05) is 23.9 Å². The lowest BCUT2D eigenvalue weighted by Crippen LogP contribution is -2.08. The number of aromatic nitrogens is 3. The van der Waals surface area contributed by atoms with E-state index < -0.39 is 0 Å². The van der Waals surface area contributed by atoms with E-state index in [2.05, 4.69) is 23.2 Å². The van der Waals surface area contributed by atoms with Crippen molar-refractivity contribution >= 4 is 17.7 Å². The van der Waals surface area contributed by atoms with Gasteiger partial charge in [0.05, 0.1) is 12.4 Å². The fraction of sp³-hybridized carbons (Fsp3) is 0.438. The van der Waals surface area contributed by atoms with Crippen molar-refractivity contribution in [3.8, 4) is 5.75 Å². The third kappa shape index (κ3) is 4.48. The molecule has 0 aliphatic rings. The van der Waals surface area contributed by atoms with E-state index in [4.69, 9.17) is 9.47 Å². The van der Waals surface area contributed by atoms with Crippen LogP contribution in [0.4, 0.5) is 0 Å². The highest BCUT2D eigenvalue weighted by molar-refractivity contribution is 7.99. The maximum atomic E-state index is 11.4. The number of carbonyl (C=O) groups is 1. The van der Waals surface area contributed by atoms with Crippen molar-refractivity contribution in [1.29, 1.82) is 0 Å². The highest BCUT2D eigenvalue weighted by Crippen LogP contribution is 2.22. The lowest BCUT2D eigenvalue weighted by atomic mass is 10.1. The van der Waals surface area contributed by atoms with Gasteiger partial charge >= 0.3 is 5.97 Å². The number of thioether (sulfide) groups is 1. The molecule has 1 aromatic heterocycles. The monoisotopic (exact) mass is 335 g/mol. The Balaban J connectivity index is 1.96. The van der Waals surface area contributed by atoms with Crippen molar-refractivity contribution in [2.75, 3.05) is 12.4 Å². The first-order valence-electron chi connectivity index (χ1n) is 7.38. The highest BCUT2D eigenvalue weighted by Gasteiger charge is 2.13. The Bertz CT molecular complexity index is 685. The molecule has 1 heterocycles. The maximum Gasteiger partial charge on any atom is 0.316 e. The first-order valence-corrected chi connectivity index (χ1v) is 8.37. The minimum Gasteiger partial charge on any atom is -0.485 e. The standard InChI is InChI=1S/C16H21N3O3S/c1-5-21-15(20)10-23-16-18-17-14(19(16)4)9-22-13-8-6-7-11(2)12(13)3/h6-8H,5,9-10H2,1-4H3. The van der Waals surface area contributed by atoms with E-state index in [1.807, 2.05) is 30.7 Å². The molecule has 0 saturated carbocycles. The Morgan fingerprint density at radius 2 is 2.09 bits per heavy atom. The number of benzene rings is 1. The number of carbonyl (C=O) groups excluding carboxylic acids is 1. The molecule has 0 spiro atoms. The van der Waals surface area contributed by atoms with E-state index >= 15 is 0 Å². The SMILES string of the molecule is CCOC(=O)CSc1nnc(COc2cccc(C)c2C)n1C. The van der Waals surface area contributed by atoms with Crippen molar-refractivity contribution in [2.45, 2.75) is 32.5 Å². The summed E-state index contributed by atoms with van der Waals surface area (Å²) in [6, 6.07) is 5.96. The number of hydrogen-bond acceptors (Lipinski definition) is 6. The van der Waals surface area contributed by atoms with Crippen LogP contribution in [-0.2, 0) is 23.2 Å². The first-order chi connectivity index (χ1) is 11.0. The molecule has 7 heteroatoms. The number of rotatable bonds is 7. The topological polar surface area (TPSA) is 66.2 Å². The molecule has 0 aliphatic carbocycles. The van der Waals surface area contributed by atoms with E-state index in [9.17, 15) is 4.79 Å². The summed E-state index contributed by atoms with van der Waals surface area (Å²) in [5.41, 5.74) is 2.30. The van der Waals surface area contributed by atoms with Gasteiger partial charge in [0.15, 0.2) is 11.0 Å². The molecule has 0 unspecified atom stereocenters. The summed E-state index contributed by atoms with van der Waals surface area (Å²) >= 11 is 1.30. The third-order valence-electron chi connectivity index (χ3n) is 3.46. The van der Waals surface area contributed by atoms with E-state index in [0.29, 0.717) is 24.2 Å². The molecule has 2 aromatic rings. The van der Waals surface area contributed by atoms with Gasteiger partial charge in [-0.25, -0.2) is 0 Å². The van der Waals surface area contributed by atoms with Crippen molar-refractivity contribution in [3.63, 3.8) is 0 Å². The van der Waals surface area contributed by atoms with E-state index in [1.165, 1.54) is 17.3 Å². The van der Waals surface area contributed by atoms with Gasteiger partial charge in [0, 0.05) is 7.05 Å². The zero-order valence-electron chi connectivity index (χ0n) is 13.8. The number of ether oxygens (including phenoxy) is 2. The smallest absolute Gasteiger partial charge is 0.316 e. The molecule has 0 amide bonds. The van der Waals surface area contributed by atoms with Crippen LogP contribution in [0.1, 0.15) is 23.9 Å². The van der Waals surface area contributed by atoms with Gasteiger partial charge in [0.2, 0.25) is 0 Å². The molecule has 0 N–H and O–H groups in total. The Labute approximate surface area is 140 Å². The van der Waals surface area contributed by atoms with Gasteiger partial charge in [-0.05, 0) is 38.0 Å². The summed E-state index contributed by atoms with van der Waals surface area (Å²) in [6.07, 6.45) is 0. The summed E-state index contributed by atoms with van der Waals surface area (Å²) in [5.74, 6) is 1.51. The number of esters is 1. The van der Waals surface area contributed by atoms with Gasteiger partial charge in [0.1, 0.15) is 12.4 Å². The Kier molecular flexibility index (Phi) is 6.04. The summed E-state index contributed by atoms with van der Waals surface area (Å²) in [5, 5.41) is 8.87. The summed E-state index contributed by atoms with van der Waals surface area (Å²) in [6.45, 7) is 6.57. The van der Waals surface area contributed by atoms with Gasteiger partial charge in [-0.15, -0.1) is 10.2 Å². The molecule has 0 aliphatic heterocycles. The largest absolute Gasteiger partial charge is 0.485 e. The summed E-state index contributed by atoms with van der Waals surface area (Å²) in [7, 11) is 1.86. The highest BCUT2D eigenvalue weighted by atomic mass is 32.2. The zero-order chi connectivity index (χ0) is 16.8. The first kappa shape index (κ1) is 17.3. The molecule has 1 aromatic carbocycles. The second-order valence-electron chi connectivity index (χ2n) is 5.04. The van der Waals surface area contributed by atoms with Crippen molar-refractivity contribution < 1.29 is 14.3 Å². The zero-order valence-corrected chi connectivity index (χ0v) is 14.6. The van der Waals surface area contributed by atoms with E-state index in [-0.39, 0.29) is 11.7 Å². The Hall–Kier alpha value is -2.02. The fourth-order valence-electron chi connectivity index (χ4n) is 1.95. The lowest BCUT2D eigenvalue weighted by molar-refractivity contribution is -0.139. The van der Waals surface area contributed by atoms with Crippen LogP contribution in [0.2, 0.25) is 0 Å². The van der Waals surface area contributed by atoms with Crippen LogP contribution in [0.25, 0.3) is 0 Å². The van der Waals surface area contributed by atoms with Crippen LogP contribution >= 0.6 is 11.8 Å². The van der Waals surface area contributed by atoms with Gasteiger partial charge in [0.25, 0.3) is 0 Å². The minimum absolute atomic E-state index is 0.220. The van der Waals surface area contributed by atoms with Crippen molar-refractivity contribution in [2.24, 2.45) is 7.05 Å². The molecule has 0 saturated heterocycles. The average Bonchev–Trinajstić information content (AvgIpc) is 2.87. The van der Waals surface area contributed by atoms with Crippen LogP contribution in [0, 0.1) is 13.8 Å². The molecular formula is C16H21N3O3S. The fourth-order valence-corrected chi connectivity index (χ4v) is 2.67. The molecule has 2 rings (SSSR count). The van der Waals surface area contributed by atoms with E-state index in [1.54, 1.807) is 6.92 Å². The number of aryl methyl sites for hydroxylation is 1. The summed E-state index contributed by atoms with van der Waals surface area (Å²) < 4.78 is 12.6. The van der Waals surface area contributed by atoms with Crippen LogP contribution in [0.3, 0.4) is 0 Å². The minimum atomic E-state index is -0.256. The Morgan fingerprint density at radius 1 is 1.30 bits per heavy atom. The van der Waals surface area contributed by atoms with E-state index in [0.717, 1.165) is 11.3 Å². The lowest BCUT2D eigenvalue weighted by Gasteiger charge is -2.10. The normalized spacial score (nSPS) is 10.6. The van der Waals surface area contributed by atoms with Crippen molar-refractivity contribution in [3.05, 3.63) is 35.2 Å². The van der Waals surface area contributed by atoms with Crippen LogP contribution < -0.4 is 4.74 Å². The second-order valence-corrected chi connectivity index (χ2v) is 5.98. The van der Waals surface area contributed by atoms with Gasteiger partial charge in [-0.3, -0.25) is 4.79 Å². The summed E-state index contributed by atoms with van der Waals surface area (Å²) in [4.78, 5) is 11.4. The van der Waals surface area contributed by atoms with Gasteiger partial charge in [-0.2, -0.15) is 0 Å². The molecule has 0 radical (unpaired) electrons. The molecule has 0 fully saturated rings. The molecule has 0 bridgehead atoms. The second kappa shape index (κ2) is 8.01. The number of nitrogens with zero attached hydrogens (tertiary/aromatic N) is 3. The maximum absolute atomic E-state index is 11.4. The Morgan fingerprint density at radius 3 is 2.83 bits per heavy atom. The van der Waals surface area contributed by atoms with Crippen LogP contribution in [0.5, 0.6) is 5.75 Å². The van der Waals surface area contributed by atoms with Crippen molar-refractivity contribution in [1.82, 2.24) is 14.8 Å². The molecule has 23 heavy (non-hydrogen) atoms. The van der Waals surface area contributed by atoms with Gasteiger partial charge < -0.3 is 14.0 Å². The number of hydrogen-bond donors (Lipinski definition) is 0. The predicted octanol–water partition coefficient (Wildman–Crippen LogP) is 2.67. The molecule has 124 valence electrons. The molecular weight excluding hydrogens is 314 g/mol. The predicted molar refractivity (Wildman–Crippen MR) is 88.6 cm³/mol. The quantitative estimate of drug-likeness (QED) is 0.572.